The molecule has 2 heterocycles. The second-order valence-corrected chi connectivity index (χ2v) is 6.72. The lowest BCUT2D eigenvalue weighted by Gasteiger charge is -2.11. The Hall–Kier alpha value is -1.81. The van der Waals surface area contributed by atoms with E-state index in [1.165, 1.54) is 35.9 Å². The van der Waals surface area contributed by atoms with Crippen molar-refractivity contribution in [2.45, 2.75) is 51.0 Å². The number of aryl methyl sites for hydroxylation is 2. The molecule has 1 atom stereocenters. The maximum absolute atomic E-state index is 12.6. The summed E-state index contributed by atoms with van der Waals surface area (Å²) in [4.78, 5) is 16.2. The van der Waals surface area contributed by atoms with Crippen LogP contribution in [0.3, 0.4) is 0 Å². The van der Waals surface area contributed by atoms with Crippen LogP contribution in [-0.4, -0.2) is 30.1 Å². The first-order chi connectivity index (χ1) is 11.3. The average molecular weight is 312 g/mol. The van der Waals surface area contributed by atoms with Gasteiger partial charge in [0.2, 0.25) is 0 Å². The minimum absolute atomic E-state index is 0.00232. The molecule has 23 heavy (non-hydrogen) atoms. The number of aromatic amines is 1. The van der Waals surface area contributed by atoms with Gasteiger partial charge in [0.1, 0.15) is 0 Å². The number of fused-ring (bicyclic) bond motifs is 3. The largest absolute Gasteiger partial charge is 0.376 e. The maximum atomic E-state index is 12.6. The standard InChI is InChI=1S/C19H24N2O2/c22-19(20-12-13-6-5-11-23-13)16-9-4-8-15-14-7-2-1-3-10-17(14)21-18(15)16/h4,8-9,13,21H,1-3,5-7,10-12H2,(H,20,22). The number of para-hydroxylation sites is 1. The van der Waals surface area contributed by atoms with E-state index >= 15 is 0 Å². The van der Waals surface area contributed by atoms with Gasteiger partial charge in [-0.25, -0.2) is 0 Å². The molecule has 1 aliphatic heterocycles. The average Bonchev–Trinajstić information content (AvgIpc) is 3.14. The monoisotopic (exact) mass is 312 g/mol. The van der Waals surface area contributed by atoms with Crippen LogP contribution < -0.4 is 5.32 Å². The third-order valence-corrected chi connectivity index (χ3v) is 5.14. The van der Waals surface area contributed by atoms with Crippen molar-refractivity contribution in [1.82, 2.24) is 10.3 Å². The van der Waals surface area contributed by atoms with Crippen molar-refractivity contribution in [3.05, 3.63) is 35.0 Å². The third kappa shape index (κ3) is 2.88. The summed E-state index contributed by atoms with van der Waals surface area (Å²) in [5.74, 6) is 0.00232. The van der Waals surface area contributed by atoms with E-state index in [1.54, 1.807) is 0 Å². The third-order valence-electron chi connectivity index (χ3n) is 5.14. The second-order valence-electron chi connectivity index (χ2n) is 6.72. The normalized spacial score (nSPS) is 21.1. The molecule has 0 bridgehead atoms. The van der Waals surface area contributed by atoms with Crippen LogP contribution in [0, 0.1) is 0 Å². The van der Waals surface area contributed by atoms with Gasteiger partial charge >= 0.3 is 0 Å². The number of aromatic nitrogens is 1. The lowest BCUT2D eigenvalue weighted by atomic mass is 10.0. The highest BCUT2D eigenvalue weighted by atomic mass is 16.5. The molecule has 1 aliphatic carbocycles. The Kier molecular flexibility index (Phi) is 4.08. The molecule has 1 unspecified atom stereocenters. The quantitative estimate of drug-likeness (QED) is 0.854. The van der Waals surface area contributed by atoms with E-state index in [-0.39, 0.29) is 12.0 Å². The van der Waals surface area contributed by atoms with Crippen molar-refractivity contribution in [1.29, 1.82) is 0 Å². The lowest BCUT2D eigenvalue weighted by molar-refractivity contribution is 0.0859. The van der Waals surface area contributed by atoms with Gasteiger partial charge in [-0.3, -0.25) is 4.79 Å². The van der Waals surface area contributed by atoms with Gasteiger partial charge in [-0.15, -0.1) is 0 Å². The summed E-state index contributed by atoms with van der Waals surface area (Å²) >= 11 is 0. The van der Waals surface area contributed by atoms with E-state index in [0.717, 1.165) is 43.4 Å². The number of carbonyl (C=O) groups excluding carboxylic acids is 1. The van der Waals surface area contributed by atoms with Crippen molar-refractivity contribution >= 4 is 16.8 Å². The molecule has 122 valence electrons. The zero-order valence-electron chi connectivity index (χ0n) is 13.5. The van der Waals surface area contributed by atoms with Crippen LogP contribution in [0.25, 0.3) is 10.9 Å². The highest BCUT2D eigenvalue weighted by Crippen LogP contribution is 2.30. The molecule has 1 fully saturated rings. The summed E-state index contributed by atoms with van der Waals surface area (Å²) in [5, 5.41) is 4.27. The second kappa shape index (κ2) is 6.36. The van der Waals surface area contributed by atoms with Crippen LogP contribution in [0.4, 0.5) is 0 Å². The molecule has 2 aliphatic rings. The summed E-state index contributed by atoms with van der Waals surface area (Å²) in [7, 11) is 0. The number of amides is 1. The summed E-state index contributed by atoms with van der Waals surface area (Å²) in [6.07, 6.45) is 8.32. The summed E-state index contributed by atoms with van der Waals surface area (Å²) in [6, 6.07) is 6.07. The van der Waals surface area contributed by atoms with Crippen molar-refractivity contribution in [3.63, 3.8) is 0 Å². The van der Waals surface area contributed by atoms with E-state index in [1.807, 2.05) is 12.1 Å². The Labute approximate surface area is 136 Å². The Balaban J connectivity index is 1.60. The van der Waals surface area contributed by atoms with Gasteiger partial charge in [-0.2, -0.15) is 0 Å². The van der Waals surface area contributed by atoms with Crippen molar-refractivity contribution < 1.29 is 9.53 Å². The molecule has 1 amide bonds. The van der Waals surface area contributed by atoms with Crippen LogP contribution >= 0.6 is 0 Å². The molecular weight excluding hydrogens is 288 g/mol. The van der Waals surface area contributed by atoms with Crippen molar-refractivity contribution in [2.24, 2.45) is 0 Å². The Morgan fingerprint density at radius 3 is 3.00 bits per heavy atom. The highest BCUT2D eigenvalue weighted by molar-refractivity contribution is 6.06. The predicted octanol–water partition coefficient (Wildman–Crippen LogP) is 3.35. The van der Waals surface area contributed by atoms with E-state index in [4.69, 9.17) is 4.74 Å². The van der Waals surface area contributed by atoms with Gasteiger partial charge in [0, 0.05) is 24.2 Å². The Bertz CT molecular complexity index is 713. The van der Waals surface area contributed by atoms with Crippen LogP contribution in [-0.2, 0) is 17.6 Å². The van der Waals surface area contributed by atoms with E-state index in [0.29, 0.717) is 6.54 Å². The summed E-state index contributed by atoms with van der Waals surface area (Å²) in [5.41, 5.74) is 4.51. The van der Waals surface area contributed by atoms with E-state index in [9.17, 15) is 4.79 Å². The molecular formula is C19H24N2O2. The molecule has 1 aromatic carbocycles. The molecule has 1 saturated heterocycles. The number of nitrogens with one attached hydrogen (secondary N) is 2. The molecule has 0 spiro atoms. The predicted molar refractivity (Wildman–Crippen MR) is 90.9 cm³/mol. The van der Waals surface area contributed by atoms with Gasteiger partial charge in [-0.1, -0.05) is 18.6 Å². The Morgan fingerprint density at radius 2 is 2.13 bits per heavy atom. The van der Waals surface area contributed by atoms with Gasteiger partial charge < -0.3 is 15.0 Å². The first-order valence-corrected chi connectivity index (χ1v) is 8.85. The minimum atomic E-state index is 0.00232. The fourth-order valence-electron chi connectivity index (χ4n) is 3.90. The first kappa shape index (κ1) is 14.8. The molecule has 4 nitrogen and oxygen atoms in total. The van der Waals surface area contributed by atoms with Gasteiger partial charge in [0.15, 0.2) is 0 Å². The minimum Gasteiger partial charge on any atom is -0.376 e. The molecule has 2 N–H and O–H groups in total. The zero-order chi connectivity index (χ0) is 15.6. The number of H-pyrrole nitrogens is 1. The van der Waals surface area contributed by atoms with Gasteiger partial charge in [0.25, 0.3) is 5.91 Å². The summed E-state index contributed by atoms with van der Waals surface area (Å²) in [6.45, 7) is 1.43. The maximum Gasteiger partial charge on any atom is 0.253 e. The van der Waals surface area contributed by atoms with Crippen LogP contribution in [0.2, 0.25) is 0 Å². The van der Waals surface area contributed by atoms with Gasteiger partial charge in [0.05, 0.1) is 17.2 Å². The van der Waals surface area contributed by atoms with Crippen LogP contribution in [0.5, 0.6) is 0 Å². The number of rotatable bonds is 3. The lowest BCUT2D eigenvalue weighted by Crippen LogP contribution is -2.31. The number of carbonyl (C=O) groups is 1. The molecule has 1 aromatic heterocycles. The summed E-state index contributed by atoms with van der Waals surface area (Å²) < 4.78 is 5.58. The van der Waals surface area contributed by atoms with Crippen molar-refractivity contribution in [2.75, 3.05) is 13.2 Å². The topological polar surface area (TPSA) is 54.1 Å². The van der Waals surface area contributed by atoms with Gasteiger partial charge in [-0.05, 0) is 50.2 Å². The molecule has 2 aromatic rings. The smallest absolute Gasteiger partial charge is 0.253 e. The van der Waals surface area contributed by atoms with E-state index in [2.05, 4.69) is 16.4 Å². The fourth-order valence-corrected chi connectivity index (χ4v) is 3.90. The number of ether oxygens (including phenoxy) is 1. The Morgan fingerprint density at radius 1 is 1.22 bits per heavy atom. The first-order valence-electron chi connectivity index (χ1n) is 8.85. The number of benzene rings is 1. The molecule has 0 saturated carbocycles. The zero-order valence-corrected chi connectivity index (χ0v) is 13.5. The highest BCUT2D eigenvalue weighted by Gasteiger charge is 2.20. The number of hydrogen-bond acceptors (Lipinski definition) is 2. The SMILES string of the molecule is O=C(NCC1CCCO1)c1cccc2c3c([nH]c12)CCCCC3. The van der Waals surface area contributed by atoms with Crippen LogP contribution in [0.15, 0.2) is 18.2 Å². The fraction of sp³-hybridized carbons (Fsp3) is 0.526. The van der Waals surface area contributed by atoms with Crippen LogP contribution in [0.1, 0.15) is 53.7 Å². The molecule has 0 radical (unpaired) electrons. The van der Waals surface area contributed by atoms with Crippen molar-refractivity contribution in [3.8, 4) is 0 Å². The number of hydrogen-bond donors (Lipinski definition) is 2. The van der Waals surface area contributed by atoms with E-state index < -0.39 is 0 Å². The molecule has 4 heteroatoms. The molecule has 4 rings (SSSR count).